The van der Waals surface area contributed by atoms with Gasteiger partial charge in [0, 0.05) is 12.1 Å². The summed E-state index contributed by atoms with van der Waals surface area (Å²) in [4.78, 5) is 0. The topological polar surface area (TPSA) is 24.1 Å². The molecule has 0 saturated carbocycles. The van der Waals surface area contributed by atoms with Gasteiger partial charge in [0.1, 0.15) is 11.6 Å². The van der Waals surface area contributed by atoms with Crippen LogP contribution in [0.15, 0.2) is 18.2 Å². The molecule has 16 heavy (non-hydrogen) atoms. The molecule has 0 spiro atoms. The number of rotatable bonds is 2. The van der Waals surface area contributed by atoms with Gasteiger partial charge in [-0.25, -0.2) is 8.78 Å². The van der Waals surface area contributed by atoms with Crippen molar-refractivity contribution in [2.45, 2.75) is 18.4 Å². The zero-order chi connectivity index (χ0) is 11.6. The molecule has 0 radical (unpaired) electrons. The maximum atomic E-state index is 13.8. The molecule has 1 aromatic carbocycles. The van der Waals surface area contributed by atoms with Crippen LogP contribution in [0.25, 0.3) is 0 Å². The lowest BCUT2D eigenvalue weighted by Gasteiger charge is -2.38. The number of hydrogen-bond acceptors (Lipinski definition) is 2. The molecule has 1 unspecified atom stereocenters. The molecule has 0 aliphatic carbocycles. The van der Waals surface area contributed by atoms with E-state index >= 15 is 0 Å². The van der Waals surface area contributed by atoms with E-state index in [4.69, 9.17) is 0 Å². The molecule has 2 rings (SSSR count). The summed E-state index contributed by atoms with van der Waals surface area (Å²) in [6.07, 6.45) is 1.77. The molecular weight excluding hydrogens is 210 g/mol. The molecule has 1 aliphatic rings. The summed E-state index contributed by atoms with van der Waals surface area (Å²) in [5, 5.41) is 6.35. The Kier molecular flexibility index (Phi) is 3.21. The van der Waals surface area contributed by atoms with Gasteiger partial charge in [-0.1, -0.05) is 0 Å². The van der Waals surface area contributed by atoms with E-state index in [2.05, 4.69) is 10.6 Å². The highest BCUT2D eigenvalue weighted by atomic mass is 19.1. The third-order valence-electron chi connectivity index (χ3n) is 3.31. The minimum atomic E-state index is -0.482. The summed E-state index contributed by atoms with van der Waals surface area (Å²) in [6, 6.07) is 3.63. The van der Waals surface area contributed by atoms with Crippen LogP contribution in [0.3, 0.4) is 0 Å². The first-order valence-electron chi connectivity index (χ1n) is 5.53. The van der Waals surface area contributed by atoms with E-state index in [1.807, 2.05) is 0 Å². The van der Waals surface area contributed by atoms with Gasteiger partial charge in [0.2, 0.25) is 0 Å². The lowest BCUT2D eigenvalue weighted by atomic mass is 9.83. The lowest BCUT2D eigenvalue weighted by molar-refractivity contribution is 0.260. The largest absolute Gasteiger partial charge is 0.315 e. The fraction of sp³-hybridized carbons (Fsp3) is 0.500. The van der Waals surface area contributed by atoms with Crippen molar-refractivity contribution < 1.29 is 8.78 Å². The molecule has 1 heterocycles. The molecule has 4 heteroatoms. The first-order valence-corrected chi connectivity index (χ1v) is 5.53. The normalized spacial score (nSPS) is 25.7. The van der Waals surface area contributed by atoms with Crippen LogP contribution in [0, 0.1) is 11.6 Å². The van der Waals surface area contributed by atoms with E-state index in [0.717, 1.165) is 25.5 Å². The zero-order valence-corrected chi connectivity index (χ0v) is 9.32. The summed E-state index contributed by atoms with van der Waals surface area (Å²) >= 11 is 0. The number of hydrogen-bond donors (Lipinski definition) is 2. The molecule has 1 aliphatic heterocycles. The van der Waals surface area contributed by atoms with Gasteiger partial charge in [-0.2, -0.15) is 0 Å². The smallest absolute Gasteiger partial charge is 0.128 e. The zero-order valence-electron chi connectivity index (χ0n) is 9.32. The van der Waals surface area contributed by atoms with E-state index in [9.17, 15) is 8.78 Å². The van der Waals surface area contributed by atoms with Crippen molar-refractivity contribution in [3.8, 4) is 0 Å². The number of piperidine rings is 1. The molecule has 1 fully saturated rings. The molecule has 0 aromatic heterocycles. The minimum absolute atomic E-state index is 0.348. The standard InChI is InChI=1S/C12H16F2N2/c1-15-12(5-2-6-16-8-12)10-7-9(13)3-4-11(10)14/h3-4,7,15-16H,2,5-6,8H2,1H3. The van der Waals surface area contributed by atoms with Crippen LogP contribution in [0.4, 0.5) is 8.78 Å². The van der Waals surface area contributed by atoms with Gasteiger partial charge in [0.15, 0.2) is 0 Å². The first kappa shape index (κ1) is 11.5. The van der Waals surface area contributed by atoms with Crippen LogP contribution in [0.5, 0.6) is 0 Å². The summed E-state index contributed by atoms with van der Waals surface area (Å²) in [5.41, 5.74) is -0.0630. The number of halogens is 2. The maximum absolute atomic E-state index is 13.8. The van der Waals surface area contributed by atoms with Crippen molar-refractivity contribution in [3.05, 3.63) is 35.4 Å². The average Bonchev–Trinajstić information content (AvgIpc) is 2.33. The fourth-order valence-electron chi connectivity index (χ4n) is 2.35. The molecule has 88 valence electrons. The van der Waals surface area contributed by atoms with Crippen molar-refractivity contribution in [1.29, 1.82) is 0 Å². The molecule has 1 aromatic rings. The van der Waals surface area contributed by atoms with Crippen molar-refractivity contribution >= 4 is 0 Å². The summed E-state index contributed by atoms with van der Waals surface area (Å²) < 4.78 is 26.9. The molecule has 1 saturated heterocycles. The van der Waals surface area contributed by atoms with E-state index < -0.39 is 11.4 Å². The van der Waals surface area contributed by atoms with Crippen molar-refractivity contribution in [3.63, 3.8) is 0 Å². The number of benzene rings is 1. The van der Waals surface area contributed by atoms with Crippen LogP contribution >= 0.6 is 0 Å². The average molecular weight is 226 g/mol. The molecular formula is C12H16F2N2. The van der Waals surface area contributed by atoms with Crippen LogP contribution in [0.2, 0.25) is 0 Å². The summed E-state index contributed by atoms with van der Waals surface area (Å²) in [6.45, 7) is 1.56. The van der Waals surface area contributed by atoms with Crippen molar-refractivity contribution in [1.82, 2.24) is 10.6 Å². The van der Waals surface area contributed by atoms with E-state index in [-0.39, 0.29) is 5.82 Å². The Labute approximate surface area is 94.0 Å². The van der Waals surface area contributed by atoms with Crippen LogP contribution < -0.4 is 10.6 Å². The van der Waals surface area contributed by atoms with Gasteiger partial charge in [0.25, 0.3) is 0 Å². The monoisotopic (exact) mass is 226 g/mol. The highest BCUT2D eigenvalue weighted by molar-refractivity contribution is 5.28. The van der Waals surface area contributed by atoms with Crippen LogP contribution in [-0.4, -0.2) is 20.1 Å². The Morgan fingerprint density at radius 1 is 1.38 bits per heavy atom. The SMILES string of the molecule is CNC1(c2cc(F)ccc2F)CCCNC1. The molecule has 2 nitrogen and oxygen atoms in total. The van der Waals surface area contributed by atoms with Gasteiger partial charge in [-0.05, 0) is 44.6 Å². The van der Waals surface area contributed by atoms with E-state index in [0.29, 0.717) is 12.1 Å². The van der Waals surface area contributed by atoms with E-state index in [1.54, 1.807) is 7.05 Å². The molecule has 0 bridgehead atoms. The highest BCUT2D eigenvalue weighted by Crippen LogP contribution is 2.30. The van der Waals surface area contributed by atoms with Gasteiger partial charge < -0.3 is 10.6 Å². The number of nitrogens with one attached hydrogen (secondary N) is 2. The van der Waals surface area contributed by atoms with Gasteiger partial charge >= 0.3 is 0 Å². The quantitative estimate of drug-likeness (QED) is 0.803. The second kappa shape index (κ2) is 4.47. The molecule has 1 atom stereocenters. The second-order valence-corrected chi connectivity index (χ2v) is 4.24. The second-order valence-electron chi connectivity index (χ2n) is 4.24. The Balaban J connectivity index is 2.42. The first-order chi connectivity index (χ1) is 7.68. The third kappa shape index (κ3) is 1.95. The van der Waals surface area contributed by atoms with Crippen molar-refractivity contribution in [2.24, 2.45) is 0 Å². The van der Waals surface area contributed by atoms with Gasteiger partial charge in [-0.3, -0.25) is 0 Å². The maximum Gasteiger partial charge on any atom is 0.128 e. The number of likely N-dealkylation sites (N-methyl/N-ethyl adjacent to an activating group) is 1. The highest BCUT2D eigenvalue weighted by Gasteiger charge is 2.34. The Morgan fingerprint density at radius 3 is 2.81 bits per heavy atom. The summed E-state index contributed by atoms with van der Waals surface area (Å²) in [7, 11) is 1.79. The van der Waals surface area contributed by atoms with Gasteiger partial charge in [0.05, 0.1) is 5.54 Å². The fourth-order valence-corrected chi connectivity index (χ4v) is 2.35. The Bertz CT molecular complexity index is 373. The Morgan fingerprint density at radius 2 is 2.19 bits per heavy atom. The molecule has 2 N–H and O–H groups in total. The third-order valence-corrected chi connectivity index (χ3v) is 3.31. The van der Waals surface area contributed by atoms with E-state index in [1.165, 1.54) is 12.1 Å². The van der Waals surface area contributed by atoms with Gasteiger partial charge in [-0.15, -0.1) is 0 Å². The Hall–Kier alpha value is -1.00. The predicted octanol–water partition coefficient (Wildman–Crippen LogP) is 1.76. The lowest BCUT2D eigenvalue weighted by Crippen LogP contribution is -2.52. The molecule has 0 amide bonds. The predicted molar refractivity (Wildman–Crippen MR) is 59.2 cm³/mol. The van der Waals surface area contributed by atoms with Crippen LogP contribution in [-0.2, 0) is 5.54 Å². The summed E-state index contributed by atoms with van der Waals surface area (Å²) in [5.74, 6) is -0.740. The minimum Gasteiger partial charge on any atom is -0.315 e. The van der Waals surface area contributed by atoms with Crippen molar-refractivity contribution in [2.75, 3.05) is 20.1 Å². The van der Waals surface area contributed by atoms with Crippen LogP contribution in [0.1, 0.15) is 18.4 Å².